The molecule has 3 N–H and O–H groups in total. The Kier molecular flexibility index (Phi) is 11.5. The number of nitrogens with zero attached hydrogens (tertiary/aromatic N) is 1. The predicted molar refractivity (Wildman–Crippen MR) is 133 cm³/mol. The fourth-order valence-corrected chi connectivity index (χ4v) is 3.68. The van der Waals surface area contributed by atoms with Gasteiger partial charge in [-0.25, -0.2) is 4.79 Å². The first-order chi connectivity index (χ1) is 15.8. The van der Waals surface area contributed by atoms with Crippen LogP contribution in [0.25, 0.3) is 0 Å². The summed E-state index contributed by atoms with van der Waals surface area (Å²) in [7, 11) is 0. The van der Waals surface area contributed by atoms with E-state index in [0.717, 1.165) is 24.0 Å². The Hall–Kier alpha value is -2.61. The molecule has 0 spiro atoms. The second-order valence-corrected chi connectivity index (χ2v) is 10.0. The van der Waals surface area contributed by atoms with Gasteiger partial charge in [0.25, 0.3) is 0 Å². The number of nitrogens with one attached hydrogen (secondary N) is 2. The van der Waals surface area contributed by atoms with E-state index in [1.807, 2.05) is 45.9 Å². The third kappa shape index (κ3) is 9.33. The van der Waals surface area contributed by atoms with Crippen molar-refractivity contribution in [2.24, 2.45) is 0 Å². The lowest BCUT2D eigenvalue weighted by Crippen LogP contribution is -2.55. The summed E-state index contributed by atoms with van der Waals surface area (Å²) in [5.74, 6) is -0.839. The number of carbonyl (C=O) groups is 3. The van der Waals surface area contributed by atoms with Crippen molar-refractivity contribution in [3.63, 3.8) is 0 Å². The highest BCUT2D eigenvalue weighted by Gasteiger charge is 2.36. The fourth-order valence-electron chi connectivity index (χ4n) is 3.68. The van der Waals surface area contributed by atoms with Crippen LogP contribution in [-0.2, 0) is 14.3 Å². The van der Waals surface area contributed by atoms with Crippen molar-refractivity contribution in [3.8, 4) is 0 Å². The second kappa shape index (κ2) is 13.3. The van der Waals surface area contributed by atoms with E-state index in [2.05, 4.69) is 17.6 Å². The topological polar surface area (TPSA) is 108 Å². The molecule has 0 aromatic heterocycles. The number of amides is 3. The molecule has 0 aliphatic carbocycles. The van der Waals surface area contributed by atoms with Crippen LogP contribution in [0.15, 0.2) is 18.2 Å². The van der Waals surface area contributed by atoms with Gasteiger partial charge in [-0.15, -0.1) is 0 Å². The van der Waals surface area contributed by atoms with Gasteiger partial charge in [-0.05, 0) is 66.0 Å². The van der Waals surface area contributed by atoms with Crippen molar-refractivity contribution in [2.75, 3.05) is 13.2 Å². The quantitative estimate of drug-likeness (QED) is 0.421. The summed E-state index contributed by atoms with van der Waals surface area (Å²) in [6.45, 7) is 14.5. The van der Waals surface area contributed by atoms with E-state index in [1.165, 1.54) is 4.90 Å². The normalized spacial score (nSPS) is 13.2. The summed E-state index contributed by atoms with van der Waals surface area (Å²) in [4.78, 5) is 40.9. The van der Waals surface area contributed by atoms with Gasteiger partial charge >= 0.3 is 6.09 Å². The molecule has 192 valence electrons. The number of carbonyl (C=O) groups excluding carboxylic acids is 3. The van der Waals surface area contributed by atoms with Crippen LogP contribution in [0, 0.1) is 13.8 Å². The van der Waals surface area contributed by atoms with Gasteiger partial charge in [0.1, 0.15) is 17.7 Å². The molecular formula is C26H43N3O5. The highest BCUT2D eigenvalue weighted by Crippen LogP contribution is 2.27. The molecule has 0 heterocycles. The molecule has 2 atom stereocenters. The number of aryl methyl sites for hydroxylation is 2. The number of hydrogen-bond acceptors (Lipinski definition) is 5. The van der Waals surface area contributed by atoms with Crippen molar-refractivity contribution in [3.05, 3.63) is 34.9 Å². The molecule has 34 heavy (non-hydrogen) atoms. The number of benzene rings is 1. The number of hydrogen-bond donors (Lipinski definition) is 3. The van der Waals surface area contributed by atoms with Crippen molar-refractivity contribution in [2.45, 2.75) is 98.4 Å². The highest BCUT2D eigenvalue weighted by atomic mass is 16.6. The predicted octanol–water partition coefficient (Wildman–Crippen LogP) is 3.77. The van der Waals surface area contributed by atoms with E-state index < -0.39 is 36.3 Å². The molecule has 0 aliphatic heterocycles. The Balaban J connectivity index is 3.43. The molecule has 0 saturated carbocycles. The van der Waals surface area contributed by atoms with Gasteiger partial charge in [0.2, 0.25) is 11.8 Å². The molecule has 1 rings (SSSR count). The van der Waals surface area contributed by atoms with Crippen LogP contribution in [0.2, 0.25) is 0 Å². The zero-order valence-electron chi connectivity index (χ0n) is 22.0. The maximum Gasteiger partial charge on any atom is 0.408 e. The Bertz CT molecular complexity index is 832. The summed E-state index contributed by atoms with van der Waals surface area (Å²) in [6.07, 6.45) is 1.69. The summed E-state index contributed by atoms with van der Waals surface area (Å²) in [6, 6.07) is 3.49. The van der Waals surface area contributed by atoms with Crippen LogP contribution < -0.4 is 10.6 Å². The van der Waals surface area contributed by atoms with Gasteiger partial charge in [0.15, 0.2) is 0 Å². The largest absolute Gasteiger partial charge is 0.444 e. The fraction of sp³-hybridized carbons (Fsp3) is 0.654. The average molecular weight is 478 g/mol. The SMILES string of the molecule is CCCCCN(C(=O)C(CO)NC(=O)OC(C)(C)C)C(C(=O)NC(C)C)c1ccc(C)cc1C. The van der Waals surface area contributed by atoms with Gasteiger partial charge < -0.3 is 25.4 Å². The number of aliphatic hydroxyl groups is 1. The van der Waals surface area contributed by atoms with Gasteiger partial charge in [-0.2, -0.15) is 0 Å². The van der Waals surface area contributed by atoms with E-state index in [4.69, 9.17) is 4.74 Å². The van der Waals surface area contributed by atoms with Crippen LogP contribution in [0.4, 0.5) is 4.79 Å². The maximum absolute atomic E-state index is 13.7. The molecular weight excluding hydrogens is 434 g/mol. The van der Waals surface area contributed by atoms with Crippen LogP contribution >= 0.6 is 0 Å². The van der Waals surface area contributed by atoms with E-state index in [-0.39, 0.29) is 11.9 Å². The zero-order chi connectivity index (χ0) is 26.1. The lowest BCUT2D eigenvalue weighted by Gasteiger charge is -2.35. The highest BCUT2D eigenvalue weighted by molar-refractivity contribution is 5.92. The monoisotopic (exact) mass is 477 g/mol. The Morgan fingerprint density at radius 1 is 1.09 bits per heavy atom. The minimum atomic E-state index is -1.24. The third-order valence-corrected chi connectivity index (χ3v) is 5.17. The Labute approximate surface area is 204 Å². The van der Waals surface area contributed by atoms with Crippen molar-refractivity contribution < 1.29 is 24.2 Å². The molecule has 8 nitrogen and oxygen atoms in total. The van der Waals surface area contributed by atoms with Crippen molar-refractivity contribution in [1.82, 2.24) is 15.5 Å². The third-order valence-electron chi connectivity index (χ3n) is 5.17. The average Bonchev–Trinajstić information content (AvgIpc) is 2.70. The van der Waals surface area contributed by atoms with Crippen molar-refractivity contribution in [1.29, 1.82) is 0 Å². The molecule has 3 amide bonds. The van der Waals surface area contributed by atoms with E-state index in [1.54, 1.807) is 20.8 Å². The number of alkyl carbamates (subject to hydrolysis) is 1. The van der Waals surface area contributed by atoms with Gasteiger partial charge in [-0.3, -0.25) is 9.59 Å². The molecule has 1 aromatic carbocycles. The van der Waals surface area contributed by atoms with E-state index >= 15 is 0 Å². The standard InChI is InChI=1S/C26H43N3O5/c1-9-10-11-14-29(24(32)21(16-30)28-25(33)34-26(6,7)8)22(23(31)27-17(2)3)20-13-12-18(4)15-19(20)5/h12-13,15,17,21-22,30H,9-11,14,16H2,1-8H3,(H,27,31)(H,28,33). The summed E-state index contributed by atoms with van der Waals surface area (Å²) in [5, 5.41) is 15.4. The minimum absolute atomic E-state index is 0.123. The maximum atomic E-state index is 13.7. The molecule has 1 aromatic rings. The lowest BCUT2D eigenvalue weighted by atomic mass is 9.96. The molecule has 0 bridgehead atoms. The van der Waals surface area contributed by atoms with Gasteiger partial charge in [0, 0.05) is 12.6 Å². The number of rotatable bonds is 11. The smallest absolute Gasteiger partial charge is 0.408 e. The van der Waals surface area contributed by atoms with Crippen LogP contribution in [-0.4, -0.2) is 58.8 Å². The van der Waals surface area contributed by atoms with Crippen LogP contribution in [0.3, 0.4) is 0 Å². The summed E-state index contributed by atoms with van der Waals surface area (Å²) >= 11 is 0. The molecule has 2 unspecified atom stereocenters. The zero-order valence-corrected chi connectivity index (χ0v) is 22.0. The van der Waals surface area contributed by atoms with Gasteiger partial charge in [-0.1, -0.05) is 43.5 Å². The molecule has 0 saturated heterocycles. The first-order valence-electron chi connectivity index (χ1n) is 12.1. The summed E-state index contributed by atoms with van der Waals surface area (Å²) < 4.78 is 5.26. The first kappa shape index (κ1) is 29.4. The molecule has 0 fully saturated rings. The Morgan fingerprint density at radius 3 is 2.24 bits per heavy atom. The first-order valence-corrected chi connectivity index (χ1v) is 12.1. The van der Waals surface area contributed by atoms with E-state index in [9.17, 15) is 19.5 Å². The second-order valence-electron chi connectivity index (χ2n) is 10.0. The van der Waals surface area contributed by atoms with Crippen LogP contribution in [0.1, 0.15) is 83.5 Å². The van der Waals surface area contributed by atoms with Crippen LogP contribution in [0.5, 0.6) is 0 Å². The Morgan fingerprint density at radius 2 is 1.74 bits per heavy atom. The molecule has 0 aliphatic rings. The molecule has 0 radical (unpaired) electrons. The van der Waals surface area contributed by atoms with Gasteiger partial charge in [0.05, 0.1) is 6.61 Å². The number of unbranched alkanes of at least 4 members (excludes halogenated alkanes) is 2. The number of ether oxygens (including phenoxy) is 1. The van der Waals surface area contributed by atoms with E-state index in [0.29, 0.717) is 18.5 Å². The lowest BCUT2D eigenvalue weighted by molar-refractivity contribution is -0.143. The minimum Gasteiger partial charge on any atom is -0.444 e. The molecule has 8 heteroatoms. The van der Waals surface area contributed by atoms with Crippen molar-refractivity contribution >= 4 is 17.9 Å². The number of aliphatic hydroxyl groups excluding tert-OH is 1. The summed E-state index contributed by atoms with van der Waals surface area (Å²) in [5.41, 5.74) is 1.89.